The predicted octanol–water partition coefficient (Wildman–Crippen LogP) is 2.76. The van der Waals surface area contributed by atoms with Gasteiger partial charge in [0.15, 0.2) is 5.65 Å². The highest BCUT2D eigenvalue weighted by molar-refractivity contribution is 7.17. The maximum Gasteiger partial charge on any atom is 0.339 e. The van der Waals surface area contributed by atoms with Gasteiger partial charge in [-0.15, -0.1) is 11.3 Å². The monoisotopic (exact) mass is 381 g/mol. The Balaban J connectivity index is 1.58. The standard InChI is InChI=1S/C18H15N5O3S/c19-7-10-3-5-23(6-4-10)17(24)14-2-1-13(27-14)12-9-21-16-15(22-12)11(8-20-16)18(25)26/h1-2,8-10H,3-6H2,(H,20,21)(H,25,26). The first-order valence-corrected chi connectivity index (χ1v) is 9.25. The molecule has 9 heteroatoms. The van der Waals surface area contributed by atoms with Crippen LogP contribution < -0.4 is 0 Å². The third kappa shape index (κ3) is 3.15. The van der Waals surface area contributed by atoms with Gasteiger partial charge in [0.05, 0.1) is 27.7 Å². The number of aromatic carboxylic acids is 1. The Kier molecular flexibility index (Phi) is 4.33. The number of rotatable bonds is 3. The fourth-order valence-corrected chi connectivity index (χ4v) is 4.06. The number of carbonyl (C=O) groups excluding carboxylic acids is 1. The number of H-pyrrole nitrogens is 1. The zero-order valence-electron chi connectivity index (χ0n) is 14.2. The Labute approximate surface area is 158 Å². The summed E-state index contributed by atoms with van der Waals surface area (Å²) in [6.07, 6.45) is 4.33. The van der Waals surface area contributed by atoms with Gasteiger partial charge in [0, 0.05) is 25.2 Å². The second kappa shape index (κ2) is 6.81. The minimum absolute atomic E-state index is 0.0275. The average molecular weight is 381 g/mol. The number of fused-ring (bicyclic) bond motifs is 1. The highest BCUT2D eigenvalue weighted by Crippen LogP contribution is 2.29. The van der Waals surface area contributed by atoms with Gasteiger partial charge in [-0.05, 0) is 25.0 Å². The highest BCUT2D eigenvalue weighted by atomic mass is 32.1. The van der Waals surface area contributed by atoms with Gasteiger partial charge >= 0.3 is 5.97 Å². The van der Waals surface area contributed by atoms with Gasteiger partial charge in [-0.3, -0.25) is 4.79 Å². The topological polar surface area (TPSA) is 123 Å². The van der Waals surface area contributed by atoms with Crippen molar-refractivity contribution in [3.63, 3.8) is 0 Å². The fourth-order valence-electron chi connectivity index (χ4n) is 3.13. The van der Waals surface area contributed by atoms with E-state index in [0.717, 1.165) is 4.88 Å². The molecule has 0 radical (unpaired) electrons. The molecular formula is C18H15N5O3S. The highest BCUT2D eigenvalue weighted by Gasteiger charge is 2.24. The molecule has 0 aromatic carbocycles. The SMILES string of the molecule is N#CC1CCN(C(=O)c2ccc(-c3cnc4[nH]cc(C(=O)O)c4n3)s2)CC1. The number of nitriles is 1. The third-order valence-corrected chi connectivity index (χ3v) is 5.74. The minimum atomic E-state index is -1.07. The van der Waals surface area contributed by atoms with Crippen LogP contribution in [0, 0.1) is 17.2 Å². The number of carboxylic acids is 1. The molecule has 1 aliphatic rings. The summed E-state index contributed by atoms with van der Waals surface area (Å²) < 4.78 is 0. The summed E-state index contributed by atoms with van der Waals surface area (Å²) in [6.45, 7) is 1.17. The van der Waals surface area contributed by atoms with Crippen LogP contribution in [0.15, 0.2) is 24.5 Å². The number of aromatic nitrogens is 3. The molecule has 0 saturated carbocycles. The maximum absolute atomic E-state index is 12.7. The number of aromatic amines is 1. The Morgan fingerprint density at radius 1 is 1.33 bits per heavy atom. The number of carbonyl (C=O) groups is 2. The Bertz CT molecular complexity index is 1070. The largest absolute Gasteiger partial charge is 0.478 e. The van der Waals surface area contributed by atoms with Crippen molar-refractivity contribution in [2.45, 2.75) is 12.8 Å². The number of nitrogens with zero attached hydrogens (tertiary/aromatic N) is 4. The van der Waals surface area contributed by atoms with E-state index in [1.807, 2.05) is 0 Å². The first kappa shape index (κ1) is 17.2. The molecule has 0 spiro atoms. The quantitative estimate of drug-likeness (QED) is 0.719. The average Bonchev–Trinajstić information content (AvgIpc) is 3.34. The summed E-state index contributed by atoms with van der Waals surface area (Å²) in [6, 6.07) is 5.80. The van der Waals surface area contributed by atoms with E-state index >= 15 is 0 Å². The lowest BCUT2D eigenvalue weighted by atomic mass is 9.98. The van der Waals surface area contributed by atoms with Crippen LogP contribution in [-0.2, 0) is 0 Å². The summed E-state index contributed by atoms with van der Waals surface area (Å²) >= 11 is 1.30. The van der Waals surface area contributed by atoms with E-state index in [1.165, 1.54) is 17.5 Å². The van der Waals surface area contributed by atoms with Crippen molar-refractivity contribution < 1.29 is 14.7 Å². The van der Waals surface area contributed by atoms with Gasteiger partial charge < -0.3 is 15.0 Å². The smallest absolute Gasteiger partial charge is 0.339 e. The van der Waals surface area contributed by atoms with E-state index in [0.29, 0.717) is 47.7 Å². The first-order chi connectivity index (χ1) is 13.1. The van der Waals surface area contributed by atoms with Crippen molar-refractivity contribution in [3.05, 3.63) is 35.0 Å². The van der Waals surface area contributed by atoms with Crippen molar-refractivity contribution in [1.82, 2.24) is 19.9 Å². The molecule has 0 bridgehead atoms. The first-order valence-electron chi connectivity index (χ1n) is 8.43. The molecule has 1 fully saturated rings. The van der Waals surface area contributed by atoms with Gasteiger partial charge in [-0.25, -0.2) is 14.8 Å². The summed E-state index contributed by atoms with van der Waals surface area (Å²) in [5.41, 5.74) is 1.29. The molecule has 1 saturated heterocycles. The normalized spacial score (nSPS) is 15.0. The van der Waals surface area contributed by atoms with Gasteiger partial charge in [-0.1, -0.05) is 0 Å². The number of carboxylic acid groups (broad SMARTS) is 1. The molecule has 0 aliphatic carbocycles. The molecule has 0 atom stereocenters. The van der Waals surface area contributed by atoms with Gasteiger partial charge in [-0.2, -0.15) is 5.26 Å². The molecule has 8 nitrogen and oxygen atoms in total. The molecule has 136 valence electrons. The van der Waals surface area contributed by atoms with E-state index in [1.54, 1.807) is 23.2 Å². The Morgan fingerprint density at radius 2 is 2.11 bits per heavy atom. The molecule has 3 aromatic heterocycles. The number of thiophene rings is 1. The van der Waals surface area contributed by atoms with Crippen molar-refractivity contribution in [2.24, 2.45) is 5.92 Å². The third-order valence-electron chi connectivity index (χ3n) is 4.65. The molecule has 1 aliphatic heterocycles. The van der Waals surface area contributed by atoms with Gasteiger partial charge in [0.1, 0.15) is 11.1 Å². The number of hydrogen-bond donors (Lipinski definition) is 2. The van der Waals surface area contributed by atoms with Crippen LogP contribution in [0.3, 0.4) is 0 Å². The van der Waals surface area contributed by atoms with E-state index in [9.17, 15) is 14.7 Å². The minimum Gasteiger partial charge on any atom is -0.478 e. The zero-order valence-corrected chi connectivity index (χ0v) is 15.0. The molecule has 3 aromatic rings. The maximum atomic E-state index is 12.7. The van der Waals surface area contributed by atoms with Crippen molar-refractivity contribution in [2.75, 3.05) is 13.1 Å². The van der Waals surface area contributed by atoms with Crippen LogP contribution in [0.2, 0.25) is 0 Å². The number of piperidine rings is 1. The molecule has 4 rings (SSSR count). The zero-order chi connectivity index (χ0) is 19.0. The Morgan fingerprint density at radius 3 is 2.81 bits per heavy atom. The van der Waals surface area contributed by atoms with Crippen LogP contribution in [-0.4, -0.2) is 49.9 Å². The molecule has 0 unspecified atom stereocenters. The summed E-state index contributed by atoms with van der Waals surface area (Å²) in [5.74, 6) is -1.10. The van der Waals surface area contributed by atoms with Gasteiger partial charge in [0.25, 0.3) is 5.91 Å². The number of nitrogens with one attached hydrogen (secondary N) is 1. The van der Waals surface area contributed by atoms with E-state index < -0.39 is 5.97 Å². The predicted molar refractivity (Wildman–Crippen MR) is 98.4 cm³/mol. The number of hydrogen-bond acceptors (Lipinski definition) is 6. The lowest BCUT2D eigenvalue weighted by molar-refractivity contribution is 0.0694. The van der Waals surface area contributed by atoms with Gasteiger partial charge in [0.2, 0.25) is 0 Å². The van der Waals surface area contributed by atoms with Crippen molar-refractivity contribution >= 4 is 34.4 Å². The van der Waals surface area contributed by atoms with Crippen molar-refractivity contribution in [3.8, 4) is 16.6 Å². The van der Waals surface area contributed by atoms with Crippen LogP contribution >= 0.6 is 11.3 Å². The molecular weight excluding hydrogens is 366 g/mol. The van der Waals surface area contributed by atoms with E-state index in [4.69, 9.17) is 5.26 Å². The molecule has 2 N–H and O–H groups in total. The lowest BCUT2D eigenvalue weighted by Gasteiger charge is -2.28. The fraction of sp³-hybridized carbons (Fsp3) is 0.278. The number of amides is 1. The van der Waals surface area contributed by atoms with Crippen LogP contribution in [0.4, 0.5) is 0 Å². The summed E-state index contributed by atoms with van der Waals surface area (Å²) in [7, 11) is 0. The van der Waals surface area contributed by atoms with Crippen molar-refractivity contribution in [1.29, 1.82) is 5.26 Å². The second-order valence-corrected chi connectivity index (χ2v) is 7.40. The molecule has 4 heterocycles. The van der Waals surface area contributed by atoms with Crippen LogP contribution in [0.5, 0.6) is 0 Å². The number of likely N-dealkylation sites (tertiary alicyclic amines) is 1. The van der Waals surface area contributed by atoms with E-state index in [2.05, 4.69) is 21.0 Å². The van der Waals surface area contributed by atoms with E-state index in [-0.39, 0.29) is 17.4 Å². The summed E-state index contributed by atoms with van der Waals surface area (Å²) in [5, 5.41) is 18.2. The Hall–Kier alpha value is -3.25. The molecule has 27 heavy (non-hydrogen) atoms. The lowest BCUT2D eigenvalue weighted by Crippen LogP contribution is -2.37. The summed E-state index contributed by atoms with van der Waals surface area (Å²) in [4.78, 5) is 38.5. The van der Waals surface area contributed by atoms with Crippen LogP contribution in [0.1, 0.15) is 32.9 Å². The molecule has 1 amide bonds. The second-order valence-electron chi connectivity index (χ2n) is 6.32. The van der Waals surface area contributed by atoms with Crippen LogP contribution in [0.25, 0.3) is 21.7 Å².